The molecule has 1 heterocycles. The van der Waals surface area contributed by atoms with Crippen LogP contribution in [0.4, 0.5) is 14.7 Å². The predicted molar refractivity (Wildman–Crippen MR) is 50.7 cm³/mol. The van der Waals surface area contributed by atoms with Crippen molar-refractivity contribution in [3.8, 4) is 5.69 Å². The third-order valence-corrected chi connectivity index (χ3v) is 1.84. The molecular weight excluding hydrogens is 202 g/mol. The molecule has 0 bridgehead atoms. The van der Waals surface area contributed by atoms with E-state index < -0.39 is 12.2 Å². The normalized spacial score (nSPS) is 10.9. The van der Waals surface area contributed by atoms with Crippen LogP contribution in [0.25, 0.3) is 5.69 Å². The Bertz CT molecular complexity index is 452. The summed E-state index contributed by atoms with van der Waals surface area (Å²) in [4.78, 5) is 3.47. The first-order valence-electron chi connectivity index (χ1n) is 4.24. The van der Waals surface area contributed by atoms with Crippen molar-refractivity contribution < 1.29 is 8.78 Å². The molecule has 15 heavy (non-hydrogen) atoms. The second-order valence-electron chi connectivity index (χ2n) is 2.88. The molecule has 78 valence electrons. The molecule has 0 saturated heterocycles. The van der Waals surface area contributed by atoms with Crippen LogP contribution in [0.3, 0.4) is 0 Å². The van der Waals surface area contributed by atoms with Gasteiger partial charge in [0.05, 0.1) is 5.69 Å². The van der Waals surface area contributed by atoms with E-state index in [-0.39, 0.29) is 5.95 Å². The van der Waals surface area contributed by atoms with Crippen molar-refractivity contribution in [3.63, 3.8) is 0 Å². The molecule has 0 radical (unpaired) electrons. The summed E-state index contributed by atoms with van der Waals surface area (Å²) in [6.07, 6.45) is -2.71. The van der Waals surface area contributed by atoms with E-state index >= 15 is 0 Å². The zero-order valence-electron chi connectivity index (χ0n) is 7.64. The summed E-state index contributed by atoms with van der Waals surface area (Å²) in [5.74, 6) is -0.604. The Labute approximate surface area is 84.4 Å². The number of alkyl halides is 2. The summed E-state index contributed by atoms with van der Waals surface area (Å²) in [5.41, 5.74) is 6.07. The predicted octanol–water partition coefficient (Wildman–Crippen LogP) is 1.79. The minimum Gasteiger partial charge on any atom is -0.368 e. The van der Waals surface area contributed by atoms with Gasteiger partial charge in [-0.25, -0.2) is 8.78 Å². The van der Waals surface area contributed by atoms with Gasteiger partial charge in [0.2, 0.25) is 11.8 Å². The topological polar surface area (TPSA) is 56.7 Å². The minimum atomic E-state index is -2.71. The molecule has 0 saturated carbocycles. The molecule has 0 aliphatic heterocycles. The van der Waals surface area contributed by atoms with Gasteiger partial charge < -0.3 is 5.73 Å². The molecule has 0 aliphatic carbocycles. The number of nitrogens with two attached hydrogens (primary N) is 1. The molecular formula is C9H8F2N4. The average molecular weight is 210 g/mol. The van der Waals surface area contributed by atoms with E-state index in [1.807, 2.05) is 6.07 Å². The second-order valence-corrected chi connectivity index (χ2v) is 2.88. The zero-order valence-corrected chi connectivity index (χ0v) is 7.64. The molecule has 1 aromatic heterocycles. The van der Waals surface area contributed by atoms with Crippen molar-refractivity contribution in [1.82, 2.24) is 14.8 Å². The highest BCUT2D eigenvalue weighted by Crippen LogP contribution is 2.18. The quantitative estimate of drug-likeness (QED) is 0.822. The monoisotopic (exact) mass is 210 g/mol. The highest BCUT2D eigenvalue weighted by Gasteiger charge is 2.16. The van der Waals surface area contributed by atoms with Crippen LogP contribution in [0.15, 0.2) is 30.3 Å². The lowest BCUT2D eigenvalue weighted by molar-refractivity contribution is 0.140. The van der Waals surface area contributed by atoms with E-state index in [0.717, 1.165) is 0 Å². The fourth-order valence-corrected chi connectivity index (χ4v) is 1.19. The number of nitrogen functional groups attached to an aromatic ring is 1. The number of rotatable bonds is 2. The van der Waals surface area contributed by atoms with Crippen LogP contribution >= 0.6 is 0 Å². The lowest BCUT2D eigenvalue weighted by atomic mass is 10.3. The fraction of sp³-hybridized carbons (Fsp3) is 0.111. The number of anilines is 1. The Kier molecular flexibility index (Phi) is 2.32. The van der Waals surface area contributed by atoms with E-state index in [2.05, 4.69) is 10.1 Å². The highest BCUT2D eigenvalue weighted by atomic mass is 19.3. The van der Waals surface area contributed by atoms with Gasteiger partial charge in [-0.3, -0.25) is 0 Å². The molecule has 6 heteroatoms. The zero-order chi connectivity index (χ0) is 10.8. The summed E-state index contributed by atoms with van der Waals surface area (Å²) in [5, 5.41) is 3.61. The van der Waals surface area contributed by atoms with Gasteiger partial charge in [-0.2, -0.15) is 9.67 Å². The van der Waals surface area contributed by atoms with Crippen molar-refractivity contribution in [1.29, 1.82) is 0 Å². The number of nitrogens with zero attached hydrogens (tertiary/aromatic N) is 3. The minimum absolute atomic E-state index is 0.0449. The number of halogens is 2. The molecule has 2 rings (SSSR count). The van der Waals surface area contributed by atoms with Crippen LogP contribution in [-0.2, 0) is 0 Å². The van der Waals surface area contributed by atoms with E-state index in [0.29, 0.717) is 5.69 Å². The fourth-order valence-electron chi connectivity index (χ4n) is 1.19. The van der Waals surface area contributed by atoms with Crippen LogP contribution in [-0.4, -0.2) is 14.8 Å². The maximum absolute atomic E-state index is 12.3. The average Bonchev–Trinajstić information content (AvgIpc) is 2.62. The van der Waals surface area contributed by atoms with Gasteiger partial charge in [0.1, 0.15) is 0 Å². The van der Waals surface area contributed by atoms with Crippen LogP contribution in [0.5, 0.6) is 0 Å². The van der Waals surface area contributed by atoms with E-state index in [1.165, 1.54) is 4.68 Å². The third-order valence-electron chi connectivity index (χ3n) is 1.84. The van der Waals surface area contributed by atoms with Crippen molar-refractivity contribution in [3.05, 3.63) is 36.2 Å². The number of hydrogen-bond acceptors (Lipinski definition) is 3. The first-order valence-corrected chi connectivity index (χ1v) is 4.24. The van der Waals surface area contributed by atoms with Crippen molar-refractivity contribution in [2.45, 2.75) is 6.43 Å². The number of aromatic nitrogens is 3. The summed E-state index contributed by atoms with van der Waals surface area (Å²) in [6, 6.07) is 8.75. The molecule has 2 aromatic rings. The van der Waals surface area contributed by atoms with Gasteiger partial charge in [0, 0.05) is 0 Å². The molecule has 0 aliphatic rings. The van der Waals surface area contributed by atoms with Crippen LogP contribution in [0, 0.1) is 0 Å². The van der Waals surface area contributed by atoms with Gasteiger partial charge in [-0.05, 0) is 12.1 Å². The van der Waals surface area contributed by atoms with Crippen LogP contribution < -0.4 is 5.73 Å². The molecule has 0 amide bonds. The molecule has 0 unspecified atom stereocenters. The number of para-hydroxylation sites is 1. The Balaban J connectivity index is 2.45. The first kappa shape index (κ1) is 9.57. The van der Waals surface area contributed by atoms with Crippen molar-refractivity contribution in [2.75, 3.05) is 5.73 Å². The molecule has 0 atom stereocenters. The van der Waals surface area contributed by atoms with Crippen molar-refractivity contribution in [2.24, 2.45) is 0 Å². The Morgan fingerprint density at radius 1 is 1.20 bits per heavy atom. The number of hydrogen-bond donors (Lipinski definition) is 1. The lowest BCUT2D eigenvalue weighted by Crippen LogP contribution is -2.01. The first-order chi connectivity index (χ1) is 7.18. The van der Waals surface area contributed by atoms with E-state index in [4.69, 9.17) is 5.73 Å². The third kappa shape index (κ3) is 1.78. The molecule has 0 fully saturated rings. The Hall–Kier alpha value is -1.98. The summed E-state index contributed by atoms with van der Waals surface area (Å²) < 4.78 is 25.7. The van der Waals surface area contributed by atoms with E-state index in [1.54, 1.807) is 24.3 Å². The van der Waals surface area contributed by atoms with Gasteiger partial charge in [-0.1, -0.05) is 18.2 Å². The number of benzene rings is 1. The molecule has 0 spiro atoms. The van der Waals surface area contributed by atoms with Gasteiger partial charge in [0.25, 0.3) is 6.43 Å². The van der Waals surface area contributed by atoms with E-state index in [9.17, 15) is 8.78 Å². The molecule has 1 aromatic carbocycles. The van der Waals surface area contributed by atoms with Crippen LogP contribution in [0.2, 0.25) is 0 Å². The van der Waals surface area contributed by atoms with Gasteiger partial charge in [-0.15, -0.1) is 5.10 Å². The van der Waals surface area contributed by atoms with Gasteiger partial charge in [0.15, 0.2) is 0 Å². The molecule has 4 nitrogen and oxygen atoms in total. The Morgan fingerprint density at radius 3 is 2.40 bits per heavy atom. The summed E-state index contributed by atoms with van der Waals surface area (Å²) in [7, 11) is 0. The second kappa shape index (κ2) is 3.64. The smallest absolute Gasteiger partial charge is 0.299 e. The SMILES string of the molecule is Nc1nc(C(F)F)nn1-c1ccccc1. The van der Waals surface area contributed by atoms with Gasteiger partial charge >= 0.3 is 0 Å². The largest absolute Gasteiger partial charge is 0.368 e. The summed E-state index contributed by atoms with van der Waals surface area (Å²) in [6.45, 7) is 0. The van der Waals surface area contributed by atoms with Crippen LogP contribution in [0.1, 0.15) is 12.2 Å². The maximum Gasteiger partial charge on any atom is 0.299 e. The Morgan fingerprint density at radius 2 is 1.87 bits per heavy atom. The maximum atomic E-state index is 12.3. The standard InChI is InChI=1S/C9H8F2N4/c10-7(11)8-13-9(12)15(14-8)6-4-2-1-3-5-6/h1-5,7H,(H2,12,13,14). The summed E-state index contributed by atoms with van der Waals surface area (Å²) >= 11 is 0. The highest BCUT2D eigenvalue weighted by molar-refractivity contribution is 5.37. The lowest BCUT2D eigenvalue weighted by Gasteiger charge is -2.00. The molecule has 2 N–H and O–H groups in total. The van der Waals surface area contributed by atoms with Crippen molar-refractivity contribution >= 4 is 5.95 Å².